The van der Waals surface area contributed by atoms with Crippen LogP contribution in [0.5, 0.6) is 0 Å². The molecule has 2 heterocycles. The van der Waals surface area contributed by atoms with Crippen molar-refractivity contribution in [2.24, 2.45) is 0 Å². The lowest BCUT2D eigenvalue weighted by molar-refractivity contribution is 0.0791. The molecule has 1 amide bonds. The van der Waals surface area contributed by atoms with Gasteiger partial charge < -0.3 is 4.90 Å². The number of likely N-dealkylation sites (tertiary alicyclic amines) is 1. The number of carbonyl (C=O) groups excluding carboxylic acids is 1. The minimum Gasteiger partial charge on any atom is -0.339 e. The molecular formula is C18H23N3O. The standard InChI is InChI=1S/C18H23N3O/c1-3-6-17-16(18(22)20-11-4-5-12-20)13-19-21(17)15-9-7-14(2)8-10-15/h7-10,13H,3-6,11-12H2,1-2H3. The smallest absolute Gasteiger partial charge is 0.257 e. The topological polar surface area (TPSA) is 38.1 Å². The van der Waals surface area contributed by atoms with Crippen molar-refractivity contribution in [3.05, 3.63) is 47.3 Å². The highest BCUT2D eigenvalue weighted by molar-refractivity contribution is 5.95. The Labute approximate surface area is 131 Å². The second-order valence-corrected chi connectivity index (χ2v) is 6.00. The Kier molecular flexibility index (Phi) is 4.27. The molecule has 22 heavy (non-hydrogen) atoms. The first-order valence-electron chi connectivity index (χ1n) is 8.14. The first-order chi connectivity index (χ1) is 10.7. The Morgan fingerprint density at radius 2 is 1.86 bits per heavy atom. The van der Waals surface area contributed by atoms with Crippen molar-refractivity contribution < 1.29 is 4.79 Å². The van der Waals surface area contributed by atoms with Crippen molar-refractivity contribution in [1.82, 2.24) is 14.7 Å². The van der Waals surface area contributed by atoms with Crippen LogP contribution >= 0.6 is 0 Å². The van der Waals surface area contributed by atoms with Crippen molar-refractivity contribution in [3.8, 4) is 5.69 Å². The minimum atomic E-state index is 0.138. The second-order valence-electron chi connectivity index (χ2n) is 6.00. The normalized spacial score (nSPS) is 14.5. The van der Waals surface area contributed by atoms with E-state index in [-0.39, 0.29) is 5.91 Å². The maximum absolute atomic E-state index is 12.7. The van der Waals surface area contributed by atoms with Gasteiger partial charge >= 0.3 is 0 Å². The quantitative estimate of drug-likeness (QED) is 0.868. The first kappa shape index (κ1) is 14.8. The van der Waals surface area contributed by atoms with Crippen LogP contribution in [0.4, 0.5) is 0 Å². The van der Waals surface area contributed by atoms with Crippen LogP contribution in [0.25, 0.3) is 5.69 Å². The molecule has 1 aromatic carbocycles. The highest BCUT2D eigenvalue weighted by Gasteiger charge is 2.24. The Morgan fingerprint density at radius 3 is 2.50 bits per heavy atom. The zero-order valence-electron chi connectivity index (χ0n) is 13.4. The van der Waals surface area contributed by atoms with Crippen LogP contribution in [-0.4, -0.2) is 33.7 Å². The maximum atomic E-state index is 12.7. The average molecular weight is 297 g/mol. The fraction of sp³-hybridized carbons (Fsp3) is 0.444. The zero-order valence-corrected chi connectivity index (χ0v) is 13.4. The molecular weight excluding hydrogens is 274 g/mol. The van der Waals surface area contributed by atoms with Gasteiger partial charge in [-0.25, -0.2) is 4.68 Å². The predicted octanol–water partition coefficient (Wildman–Crippen LogP) is 3.37. The number of aromatic nitrogens is 2. The first-order valence-corrected chi connectivity index (χ1v) is 8.14. The van der Waals surface area contributed by atoms with Gasteiger partial charge in [-0.3, -0.25) is 4.79 Å². The van der Waals surface area contributed by atoms with Crippen molar-refractivity contribution in [1.29, 1.82) is 0 Å². The Hall–Kier alpha value is -2.10. The molecule has 0 N–H and O–H groups in total. The number of aryl methyl sites for hydroxylation is 1. The van der Waals surface area contributed by atoms with E-state index in [1.807, 2.05) is 9.58 Å². The van der Waals surface area contributed by atoms with Crippen LogP contribution in [-0.2, 0) is 6.42 Å². The number of carbonyl (C=O) groups is 1. The Morgan fingerprint density at radius 1 is 1.18 bits per heavy atom. The van der Waals surface area contributed by atoms with Gasteiger partial charge in [-0.1, -0.05) is 31.0 Å². The highest BCUT2D eigenvalue weighted by Crippen LogP contribution is 2.20. The molecule has 0 radical (unpaired) electrons. The number of amides is 1. The summed E-state index contributed by atoms with van der Waals surface area (Å²) in [7, 11) is 0. The summed E-state index contributed by atoms with van der Waals surface area (Å²) in [6.45, 7) is 5.96. The Balaban J connectivity index is 1.97. The lowest BCUT2D eigenvalue weighted by Gasteiger charge is -2.16. The van der Waals surface area contributed by atoms with Gasteiger partial charge in [0.15, 0.2) is 0 Å². The van der Waals surface area contributed by atoms with Crippen molar-refractivity contribution in [2.45, 2.75) is 39.5 Å². The van der Waals surface area contributed by atoms with Crippen molar-refractivity contribution in [3.63, 3.8) is 0 Å². The van der Waals surface area contributed by atoms with Crippen molar-refractivity contribution >= 4 is 5.91 Å². The average Bonchev–Trinajstić information content (AvgIpc) is 3.18. The monoisotopic (exact) mass is 297 g/mol. The number of rotatable bonds is 4. The van der Waals surface area contributed by atoms with Crippen molar-refractivity contribution in [2.75, 3.05) is 13.1 Å². The summed E-state index contributed by atoms with van der Waals surface area (Å²) in [5.41, 5.74) is 4.04. The molecule has 0 spiro atoms. The van der Waals surface area contributed by atoms with Crippen LogP contribution in [0.3, 0.4) is 0 Å². The fourth-order valence-corrected chi connectivity index (χ4v) is 3.03. The highest BCUT2D eigenvalue weighted by atomic mass is 16.2. The van der Waals surface area contributed by atoms with Gasteiger partial charge in [0, 0.05) is 13.1 Å². The summed E-state index contributed by atoms with van der Waals surface area (Å²) in [5.74, 6) is 0.138. The number of benzene rings is 1. The molecule has 0 unspecified atom stereocenters. The van der Waals surface area contributed by atoms with E-state index in [2.05, 4.69) is 43.2 Å². The second kappa shape index (κ2) is 6.34. The SMILES string of the molecule is CCCc1c(C(=O)N2CCCC2)cnn1-c1ccc(C)cc1. The molecule has 1 aliphatic heterocycles. The molecule has 0 atom stereocenters. The summed E-state index contributed by atoms with van der Waals surface area (Å²) in [6.07, 6.45) is 5.83. The largest absolute Gasteiger partial charge is 0.339 e. The zero-order chi connectivity index (χ0) is 15.5. The van der Waals surface area contributed by atoms with Crippen LogP contribution in [0.2, 0.25) is 0 Å². The number of hydrogen-bond acceptors (Lipinski definition) is 2. The molecule has 0 aliphatic carbocycles. The van der Waals surface area contributed by atoms with E-state index < -0.39 is 0 Å². The molecule has 0 bridgehead atoms. The fourth-order valence-electron chi connectivity index (χ4n) is 3.03. The summed E-state index contributed by atoms with van der Waals surface area (Å²) >= 11 is 0. The molecule has 2 aromatic rings. The third-order valence-corrected chi connectivity index (χ3v) is 4.26. The van der Waals surface area contributed by atoms with E-state index in [0.29, 0.717) is 0 Å². The maximum Gasteiger partial charge on any atom is 0.257 e. The minimum absolute atomic E-state index is 0.138. The third-order valence-electron chi connectivity index (χ3n) is 4.26. The predicted molar refractivity (Wildman–Crippen MR) is 87.4 cm³/mol. The molecule has 116 valence electrons. The summed E-state index contributed by atoms with van der Waals surface area (Å²) in [4.78, 5) is 14.7. The number of hydrogen-bond donors (Lipinski definition) is 0. The lowest BCUT2D eigenvalue weighted by Crippen LogP contribution is -2.28. The van der Waals surface area contributed by atoms with Gasteiger partial charge in [0.25, 0.3) is 5.91 Å². The molecule has 1 aliphatic rings. The molecule has 3 rings (SSSR count). The van der Waals surface area contributed by atoms with Crippen LogP contribution in [0.15, 0.2) is 30.5 Å². The van der Waals surface area contributed by atoms with E-state index in [4.69, 9.17) is 0 Å². The molecule has 4 nitrogen and oxygen atoms in total. The molecule has 0 saturated carbocycles. The van der Waals surface area contributed by atoms with Gasteiger partial charge in [0.1, 0.15) is 0 Å². The third kappa shape index (κ3) is 2.78. The summed E-state index contributed by atoms with van der Waals surface area (Å²) < 4.78 is 1.92. The molecule has 4 heteroatoms. The molecule has 1 fully saturated rings. The molecule has 1 saturated heterocycles. The van der Waals surface area contributed by atoms with E-state index >= 15 is 0 Å². The number of nitrogens with zero attached hydrogens (tertiary/aromatic N) is 3. The van der Waals surface area contributed by atoms with Crippen LogP contribution < -0.4 is 0 Å². The molecule has 1 aromatic heterocycles. The summed E-state index contributed by atoms with van der Waals surface area (Å²) in [6, 6.07) is 8.28. The lowest BCUT2D eigenvalue weighted by atomic mass is 10.1. The van der Waals surface area contributed by atoms with Gasteiger partial charge in [-0.05, 0) is 38.3 Å². The van der Waals surface area contributed by atoms with Gasteiger partial charge in [-0.15, -0.1) is 0 Å². The summed E-state index contributed by atoms with van der Waals surface area (Å²) in [5, 5.41) is 4.50. The van der Waals surface area contributed by atoms with E-state index in [1.54, 1.807) is 6.20 Å². The van der Waals surface area contributed by atoms with E-state index in [9.17, 15) is 4.79 Å². The van der Waals surface area contributed by atoms with Crippen LogP contribution in [0.1, 0.15) is 47.8 Å². The van der Waals surface area contributed by atoms with E-state index in [0.717, 1.165) is 55.7 Å². The van der Waals surface area contributed by atoms with Gasteiger partial charge in [0.2, 0.25) is 0 Å². The van der Waals surface area contributed by atoms with Crippen LogP contribution in [0, 0.1) is 6.92 Å². The Bertz CT molecular complexity index is 651. The van der Waals surface area contributed by atoms with Gasteiger partial charge in [0.05, 0.1) is 23.1 Å². The van der Waals surface area contributed by atoms with E-state index in [1.165, 1.54) is 5.56 Å². The van der Waals surface area contributed by atoms with Gasteiger partial charge in [-0.2, -0.15) is 5.10 Å².